The molecule has 46 heavy (non-hydrogen) atoms. The molecule has 1 heterocycles. The minimum Gasteiger partial charge on any atom is -0.490 e. The van der Waals surface area contributed by atoms with Gasteiger partial charge in [0.15, 0.2) is 29.6 Å². The van der Waals surface area contributed by atoms with Gasteiger partial charge in [-0.25, -0.2) is 5.43 Å². The highest BCUT2D eigenvalue weighted by atomic mass is 16.7. The van der Waals surface area contributed by atoms with Crippen LogP contribution in [0.4, 0.5) is 0 Å². The lowest BCUT2D eigenvalue weighted by Gasteiger charge is -2.18. The number of nitrogens with zero attached hydrogens (tertiary/aromatic N) is 1. The Hall–Kier alpha value is -5.51. The Morgan fingerprint density at radius 2 is 1.63 bits per heavy atom. The summed E-state index contributed by atoms with van der Waals surface area (Å²) in [6.45, 7) is 6.46. The van der Waals surface area contributed by atoms with E-state index in [1.165, 1.54) is 6.21 Å². The van der Waals surface area contributed by atoms with Gasteiger partial charge in [0, 0.05) is 6.42 Å². The maximum Gasteiger partial charge on any atom is 0.262 e. The van der Waals surface area contributed by atoms with E-state index in [0.717, 1.165) is 22.3 Å². The van der Waals surface area contributed by atoms with Crippen LogP contribution in [0.15, 0.2) is 90.0 Å². The molecule has 4 aromatic carbocycles. The fraction of sp³-hybridized carbons (Fsp3) is 0.250. The molecule has 238 valence electrons. The van der Waals surface area contributed by atoms with E-state index in [0.29, 0.717) is 47.5 Å². The number of hydrogen-bond acceptors (Lipinski definition) is 8. The third kappa shape index (κ3) is 8.56. The van der Waals surface area contributed by atoms with Crippen LogP contribution in [0.2, 0.25) is 0 Å². The predicted molar refractivity (Wildman–Crippen MR) is 174 cm³/mol. The molecule has 5 rings (SSSR count). The molecule has 0 saturated carbocycles. The lowest BCUT2D eigenvalue weighted by Crippen LogP contribution is -2.48. The summed E-state index contributed by atoms with van der Waals surface area (Å²) < 4.78 is 28.5. The van der Waals surface area contributed by atoms with Gasteiger partial charge in [0.2, 0.25) is 6.79 Å². The van der Waals surface area contributed by atoms with Crippen LogP contribution in [-0.4, -0.2) is 44.1 Å². The second-order valence-electron chi connectivity index (χ2n) is 10.7. The highest BCUT2D eigenvalue weighted by molar-refractivity contribution is 5.89. The smallest absolute Gasteiger partial charge is 0.262 e. The quantitative estimate of drug-likeness (QED) is 0.145. The molecule has 2 amide bonds. The molecular weight excluding hydrogens is 586 g/mol. The van der Waals surface area contributed by atoms with E-state index in [1.807, 2.05) is 87.5 Å². The summed E-state index contributed by atoms with van der Waals surface area (Å²) in [6.07, 6.45) is 1.79. The van der Waals surface area contributed by atoms with Crippen molar-refractivity contribution in [3.05, 3.63) is 113 Å². The second-order valence-corrected chi connectivity index (χ2v) is 10.7. The number of hydrazone groups is 1. The van der Waals surface area contributed by atoms with Crippen molar-refractivity contribution in [3.8, 4) is 28.7 Å². The van der Waals surface area contributed by atoms with Crippen molar-refractivity contribution in [2.75, 3.05) is 20.0 Å². The van der Waals surface area contributed by atoms with Gasteiger partial charge < -0.3 is 29.0 Å². The van der Waals surface area contributed by atoms with E-state index in [1.54, 1.807) is 18.2 Å². The van der Waals surface area contributed by atoms with Gasteiger partial charge in [-0.2, -0.15) is 5.10 Å². The Balaban J connectivity index is 1.21. The Bertz CT molecular complexity index is 1670. The molecule has 1 atom stereocenters. The lowest BCUT2D eigenvalue weighted by atomic mass is 10.1. The third-order valence-corrected chi connectivity index (χ3v) is 7.18. The first-order valence-electron chi connectivity index (χ1n) is 15.0. The number of para-hydroxylation sites is 1. The first-order valence-corrected chi connectivity index (χ1v) is 15.0. The third-order valence-electron chi connectivity index (χ3n) is 7.18. The van der Waals surface area contributed by atoms with Gasteiger partial charge in [0.1, 0.15) is 18.4 Å². The molecule has 1 aliphatic heterocycles. The monoisotopic (exact) mass is 623 g/mol. The van der Waals surface area contributed by atoms with Crippen molar-refractivity contribution >= 4 is 18.0 Å². The van der Waals surface area contributed by atoms with E-state index in [4.69, 9.17) is 23.7 Å². The van der Waals surface area contributed by atoms with E-state index < -0.39 is 17.9 Å². The van der Waals surface area contributed by atoms with Gasteiger partial charge in [-0.15, -0.1) is 0 Å². The summed E-state index contributed by atoms with van der Waals surface area (Å²) in [7, 11) is 0. The van der Waals surface area contributed by atoms with E-state index in [2.05, 4.69) is 15.8 Å². The average Bonchev–Trinajstić information content (AvgIpc) is 3.53. The van der Waals surface area contributed by atoms with Crippen LogP contribution in [0.3, 0.4) is 0 Å². The number of ether oxygens (including phenoxy) is 5. The molecular formula is C36H37N3O7. The summed E-state index contributed by atoms with van der Waals surface area (Å²) in [6, 6.07) is 25.4. The largest absolute Gasteiger partial charge is 0.490 e. The molecule has 0 spiro atoms. The van der Waals surface area contributed by atoms with Crippen molar-refractivity contribution in [1.29, 1.82) is 0 Å². The summed E-state index contributed by atoms with van der Waals surface area (Å²) >= 11 is 0. The Morgan fingerprint density at radius 3 is 2.41 bits per heavy atom. The molecule has 0 unspecified atom stereocenters. The number of amides is 2. The summed E-state index contributed by atoms with van der Waals surface area (Å²) in [5.74, 6) is 2.28. The van der Waals surface area contributed by atoms with Crippen LogP contribution < -0.4 is 34.4 Å². The SMILES string of the molecule is CCOc1cc(/C=N\NC(=O)[C@@H](Cc2ccccc2)NC(=O)COc2c(C)cccc2C)ccc1OCc1ccc2c(c1)OCO2. The fourth-order valence-electron chi connectivity index (χ4n) is 4.89. The molecule has 0 bridgehead atoms. The van der Waals surface area contributed by atoms with Gasteiger partial charge in [-0.05, 0) is 78.9 Å². The summed E-state index contributed by atoms with van der Waals surface area (Å²) in [5.41, 5.74) is 6.92. The van der Waals surface area contributed by atoms with Gasteiger partial charge in [0.05, 0.1) is 12.8 Å². The maximum atomic E-state index is 13.2. The molecule has 10 nitrogen and oxygen atoms in total. The molecule has 10 heteroatoms. The number of benzene rings is 4. The first-order chi connectivity index (χ1) is 22.4. The molecule has 0 aromatic heterocycles. The van der Waals surface area contributed by atoms with Crippen molar-refractivity contribution in [1.82, 2.24) is 10.7 Å². The minimum absolute atomic E-state index is 0.211. The normalized spacial score (nSPS) is 12.4. The zero-order chi connectivity index (χ0) is 32.3. The minimum atomic E-state index is -0.875. The van der Waals surface area contributed by atoms with E-state index >= 15 is 0 Å². The Kier molecular flexibility index (Phi) is 10.7. The lowest BCUT2D eigenvalue weighted by molar-refractivity contribution is -0.130. The van der Waals surface area contributed by atoms with Gasteiger partial charge in [-0.1, -0.05) is 54.6 Å². The van der Waals surface area contributed by atoms with Crippen LogP contribution in [0.25, 0.3) is 0 Å². The van der Waals surface area contributed by atoms with Gasteiger partial charge in [-0.3, -0.25) is 9.59 Å². The average molecular weight is 624 g/mol. The Morgan fingerprint density at radius 1 is 0.848 bits per heavy atom. The van der Waals surface area contributed by atoms with Gasteiger partial charge in [0.25, 0.3) is 11.8 Å². The number of nitrogens with one attached hydrogen (secondary N) is 2. The number of carbonyl (C=O) groups is 2. The van der Waals surface area contributed by atoms with Crippen LogP contribution in [0, 0.1) is 13.8 Å². The topological polar surface area (TPSA) is 117 Å². The van der Waals surface area contributed by atoms with Crippen LogP contribution >= 0.6 is 0 Å². The zero-order valence-corrected chi connectivity index (χ0v) is 26.1. The molecule has 0 saturated heterocycles. The standard InChI is InChI=1S/C36H37N3O7/c1-4-42-32-18-27(13-15-30(32)43-21-28-14-16-31-33(19-28)46-23-45-31)20-37-39-36(41)29(17-26-11-6-5-7-12-26)38-34(40)22-44-35-24(2)9-8-10-25(35)3/h5-16,18-20,29H,4,17,21-23H2,1-3H3,(H,38,40)(H,39,41)/b37-20-/t29-/m1/s1. The second kappa shape index (κ2) is 15.5. The zero-order valence-electron chi connectivity index (χ0n) is 26.1. The van der Waals surface area contributed by atoms with Crippen LogP contribution in [0.5, 0.6) is 28.7 Å². The summed E-state index contributed by atoms with van der Waals surface area (Å²) in [5, 5.41) is 6.95. The fourth-order valence-corrected chi connectivity index (χ4v) is 4.89. The first kappa shape index (κ1) is 31.9. The van der Waals surface area contributed by atoms with Crippen molar-refractivity contribution in [3.63, 3.8) is 0 Å². The molecule has 0 fully saturated rings. The number of rotatable bonds is 14. The van der Waals surface area contributed by atoms with E-state index in [9.17, 15) is 9.59 Å². The molecule has 0 radical (unpaired) electrons. The van der Waals surface area contributed by atoms with Crippen LogP contribution in [-0.2, 0) is 22.6 Å². The van der Waals surface area contributed by atoms with Crippen molar-refractivity contribution in [2.24, 2.45) is 5.10 Å². The van der Waals surface area contributed by atoms with Gasteiger partial charge >= 0.3 is 0 Å². The highest BCUT2D eigenvalue weighted by Crippen LogP contribution is 2.34. The number of aryl methyl sites for hydroxylation is 2. The molecule has 1 aliphatic rings. The van der Waals surface area contributed by atoms with E-state index in [-0.39, 0.29) is 19.8 Å². The number of fused-ring (bicyclic) bond motifs is 1. The summed E-state index contributed by atoms with van der Waals surface area (Å²) in [4.78, 5) is 26.1. The number of hydrogen-bond donors (Lipinski definition) is 2. The highest BCUT2D eigenvalue weighted by Gasteiger charge is 2.22. The van der Waals surface area contributed by atoms with Crippen molar-refractivity contribution < 1.29 is 33.3 Å². The van der Waals surface area contributed by atoms with Crippen molar-refractivity contribution in [2.45, 2.75) is 39.8 Å². The Labute approximate surface area is 268 Å². The molecule has 0 aliphatic carbocycles. The number of carbonyl (C=O) groups excluding carboxylic acids is 2. The van der Waals surface area contributed by atoms with Crippen LogP contribution in [0.1, 0.15) is 34.7 Å². The molecule has 2 N–H and O–H groups in total. The molecule has 4 aromatic rings. The maximum absolute atomic E-state index is 13.2. The predicted octanol–water partition coefficient (Wildman–Crippen LogP) is 5.27.